The van der Waals surface area contributed by atoms with Gasteiger partial charge in [0, 0.05) is 0 Å². The van der Waals surface area contributed by atoms with E-state index in [-0.39, 0.29) is 0 Å². The van der Waals surface area contributed by atoms with Crippen LogP contribution in [0.1, 0.15) is 27.2 Å². The number of rotatable bonds is 2. The van der Waals surface area contributed by atoms with E-state index >= 15 is 0 Å². The largest absolute Gasteiger partial charge is 0.438 e. The molecule has 0 aliphatic carbocycles. The zero-order chi connectivity index (χ0) is 7.56. The first-order chi connectivity index (χ1) is 4.77. The van der Waals surface area contributed by atoms with Crippen LogP contribution in [-0.2, 0) is 4.74 Å². The van der Waals surface area contributed by atoms with Crippen molar-refractivity contribution in [3.05, 3.63) is 0 Å². The number of hydrogen-bond donors (Lipinski definition) is 0. The van der Waals surface area contributed by atoms with Gasteiger partial charge >= 0.3 is 5.90 Å². The van der Waals surface area contributed by atoms with Crippen LogP contribution in [0.3, 0.4) is 0 Å². The first-order valence-electron chi connectivity index (χ1n) is 4.05. The third-order valence-corrected chi connectivity index (χ3v) is 1.85. The molecule has 10 heavy (non-hydrogen) atoms. The van der Waals surface area contributed by atoms with Crippen molar-refractivity contribution in [3.63, 3.8) is 0 Å². The van der Waals surface area contributed by atoms with Crippen molar-refractivity contribution in [1.29, 1.82) is 0 Å². The zero-order valence-electron chi connectivity index (χ0n) is 7.05. The molecule has 2 heteroatoms. The highest BCUT2D eigenvalue weighted by Gasteiger charge is 2.26. The molecule has 0 bridgehead atoms. The molecule has 1 aliphatic rings. The summed E-state index contributed by atoms with van der Waals surface area (Å²) in [5.74, 6) is 1.16. The van der Waals surface area contributed by atoms with Crippen molar-refractivity contribution >= 4 is 5.90 Å². The minimum atomic E-state index is 0.398. The minimum Gasteiger partial charge on any atom is -0.438 e. The van der Waals surface area contributed by atoms with Gasteiger partial charge in [0.1, 0.15) is 6.54 Å². The minimum absolute atomic E-state index is 0.398. The molecular weight excluding hydrogens is 126 g/mol. The SMILES string of the molecule is CCC1=[N+](CC)CC(C)O1. The van der Waals surface area contributed by atoms with Crippen LogP contribution >= 0.6 is 0 Å². The molecule has 0 aromatic carbocycles. The van der Waals surface area contributed by atoms with E-state index in [0.717, 1.165) is 25.4 Å². The molecule has 0 fully saturated rings. The van der Waals surface area contributed by atoms with E-state index in [1.54, 1.807) is 0 Å². The number of likely N-dealkylation sites (N-methyl/N-ethyl adjacent to an activating group) is 1. The van der Waals surface area contributed by atoms with E-state index in [0.29, 0.717) is 6.10 Å². The summed E-state index contributed by atoms with van der Waals surface area (Å²) in [7, 11) is 0. The van der Waals surface area contributed by atoms with E-state index in [2.05, 4.69) is 25.3 Å². The Morgan fingerprint density at radius 3 is 2.70 bits per heavy atom. The lowest BCUT2D eigenvalue weighted by Crippen LogP contribution is -2.15. The molecule has 0 aromatic rings. The van der Waals surface area contributed by atoms with Gasteiger partial charge in [0.2, 0.25) is 0 Å². The molecule has 0 saturated heterocycles. The number of hydrogen-bond acceptors (Lipinski definition) is 1. The third kappa shape index (κ3) is 1.31. The van der Waals surface area contributed by atoms with E-state index in [1.165, 1.54) is 0 Å². The second-order valence-electron chi connectivity index (χ2n) is 2.71. The van der Waals surface area contributed by atoms with Crippen molar-refractivity contribution in [2.24, 2.45) is 0 Å². The van der Waals surface area contributed by atoms with E-state index in [1.807, 2.05) is 0 Å². The summed E-state index contributed by atoms with van der Waals surface area (Å²) in [6, 6.07) is 0. The Labute approximate surface area is 62.5 Å². The van der Waals surface area contributed by atoms with Crippen molar-refractivity contribution in [2.45, 2.75) is 33.3 Å². The van der Waals surface area contributed by atoms with E-state index in [9.17, 15) is 0 Å². The molecule has 0 radical (unpaired) electrons. The number of nitrogens with zero attached hydrogens (tertiary/aromatic N) is 1. The summed E-state index contributed by atoms with van der Waals surface area (Å²) >= 11 is 0. The van der Waals surface area contributed by atoms with Crippen LogP contribution in [-0.4, -0.2) is 29.7 Å². The van der Waals surface area contributed by atoms with Crippen LogP contribution in [0.5, 0.6) is 0 Å². The van der Waals surface area contributed by atoms with Gasteiger partial charge in [0.15, 0.2) is 12.6 Å². The van der Waals surface area contributed by atoms with Crippen molar-refractivity contribution in [1.82, 2.24) is 0 Å². The summed E-state index contributed by atoms with van der Waals surface area (Å²) < 4.78 is 7.85. The lowest BCUT2D eigenvalue weighted by atomic mass is 10.4. The van der Waals surface area contributed by atoms with Gasteiger partial charge in [-0.2, -0.15) is 4.58 Å². The van der Waals surface area contributed by atoms with Crippen LogP contribution in [0, 0.1) is 0 Å². The van der Waals surface area contributed by atoms with Gasteiger partial charge in [-0.1, -0.05) is 6.92 Å². The van der Waals surface area contributed by atoms with Gasteiger partial charge in [-0.15, -0.1) is 0 Å². The zero-order valence-corrected chi connectivity index (χ0v) is 7.05. The van der Waals surface area contributed by atoms with Crippen molar-refractivity contribution < 1.29 is 9.31 Å². The molecule has 0 amide bonds. The summed E-state index contributed by atoms with van der Waals surface area (Å²) in [5, 5.41) is 0. The highest BCUT2D eigenvalue weighted by atomic mass is 16.5. The quantitative estimate of drug-likeness (QED) is 0.528. The van der Waals surface area contributed by atoms with Gasteiger partial charge in [-0.05, 0) is 13.8 Å². The predicted octanol–water partition coefficient (Wildman–Crippen LogP) is 1.25. The fourth-order valence-electron chi connectivity index (χ4n) is 1.37. The molecule has 1 rings (SSSR count). The fraction of sp³-hybridized carbons (Fsp3) is 0.875. The first-order valence-corrected chi connectivity index (χ1v) is 4.05. The Morgan fingerprint density at radius 2 is 2.30 bits per heavy atom. The molecule has 2 nitrogen and oxygen atoms in total. The first kappa shape index (κ1) is 7.58. The predicted molar refractivity (Wildman–Crippen MR) is 41.5 cm³/mol. The lowest BCUT2D eigenvalue weighted by Gasteiger charge is -1.95. The Hall–Kier alpha value is -0.530. The molecule has 58 valence electrons. The standard InChI is InChI=1S/C8H16NO/c1-4-8-9(5-2)6-7(3)10-8/h7H,4-6H2,1-3H3/q+1. The topological polar surface area (TPSA) is 12.2 Å². The molecule has 0 spiro atoms. The maximum atomic E-state index is 5.56. The Morgan fingerprint density at radius 1 is 1.60 bits per heavy atom. The number of ether oxygens (including phenoxy) is 1. The summed E-state index contributed by atoms with van der Waals surface area (Å²) in [5.41, 5.74) is 0. The Balaban J connectivity index is 2.61. The average Bonchev–Trinajstić information content (AvgIpc) is 2.30. The maximum Gasteiger partial charge on any atom is 0.336 e. The third-order valence-electron chi connectivity index (χ3n) is 1.85. The van der Waals surface area contributed by atoms with Gasteiger partial charge < -0.3 is 4.74 Å². The van der Waals surface area contributed by atoms with Gasteiger partial charge in [0.05, 0.1) is 6.42 Å². The van der Waals surface area contributed by atoms with Crippen LogP contribution in [0.2, 0.25) is 0 Å². The maximum absolute atomic E-state index is 5.56. The molecule has 1 unspecified atom stereocenters. The Bertz CT molecular complexity index is 135. The average molecular weight is 142 g/mol. The van der Waals surface area contributed by atoms with E-state index in [4.69, 9.17) is 4.74 Å². The molecular formula is C8H16NO+. The highest BCUT2D eigenvalue weighted by molar-refractivity contribution is 5.71. The molecule has 0 N–H and O–H groups in total. The smallest absolute Gasteiger partial charge is 0.336 e. The van der Waals surface area contributed by atoms with Crippen molar-refractivity contribution in [2.75, 3.05) is 13.1 Å². The summed E-state index contributed by atoms with van der Waals surface area (Å²) in [6.07, 6.45) is 1.42. The second kappa shape index (κ2) is 3.04. The molecule has 1 aliphatic heterocycles. The van der Waals surface area contributed by atoms with Gasteiger partial charge in [-0.3, -0.25) is 0 Å². The van der Waals surface area contributed by atoms with Crippen LogP contribution < -0.4 is 0 Å². The molecule has 0 aromatic heterocycles. The molecule has 1 atom stereocenters. The summed E-state index contributed by atoms with van der Waals surface area (Å²) in [4.78, 5) is 0. The summed E-state index contributed by atoms with van der Waals surface area (Å²) in [6.45, 7) is 8.56. The Kier molecular flexibility index (Phi) is 2.30. The highest BCUT2D eigenvalue weighted by Crippen LogP contribution is 2.05. The van der Waals surface area contributed by atoms with Crippen LogP contribution in [0.25, 0.3) is 0 Å². The molecule has 0 saturated carbocycles. The van der Waals surface area contributed by atoms with Crippen molar-refractivity contribution in [3.8, 4) is 0 Å². The van der Waals surface area contributed by atoms with E-state index < -0.39 is 0 Å². The molecule has 1 heterocycles. The monoisotopic (exact) mass is 142 g/mol. The lowest BCUT2D eigenvalue weighted by molar-refractivity contribution is -0.518. The second-order valence-corrected chi connectivity index (χ2v) is 2.71. The van der Waals surface area contributed by atoms with Crippen LogP contribution in [0.4, 0.5) is 0 Å². The van der Waals surface area contributed by atoms with Crippen LogP contribution in [0.15, 0.2) is 0 Å². The fourth-order valence-corrected chi connectivity index (χ4v) is 1.37. The van der Waals surface area contributed by atoms with Gasteiger partial charge in [-0.25, -0.2) is 0 Å². The van der Waals surface area contributed by atoms with Gasteiger partial charge in [0.25, 0.3) is 0 Å². The normalized spacial score (nSPS) is 25.3.